The third-order valence-corrected chi connectivity index (χ3v) is 7.47. The van der Waals surface area contributed by atoms with Gasteiger partial charge in [-0.25, -0.2) is 0 Å². The van der Waals surface area contributed by atoms with Crippen molar-refractivity contribution in [1.82, 2.24) is 0 Å². The van der Waals surface area contributed by atoms with Gasteiger partial charge in [0, 0.05) is 16.7 Å². The zero-order valence-corrected chi connectivity index (χ0v) is 13.6. The van der Waals surface area contributed by atoms with Crippen molar-refractivity contribution in [1.29, 1.82) is 0 Å². The van der Waals surface area contributed by atoms with Gasteiger partial charge < -0.3 is 4.74 Å². The Morgan fingerprint density at radius 3 is 2.17 bits per heavy atom. The Hall–Kier alpha value is -1.74. The lowest BCUT2D eigenvalue weighted by Crippen LogP contribution is -2.67. The van der Waals surface area contributed by atoms with Crippen LogP contribution in [0.4, 0.5) is 0 Å². The second-order valence-corrected chi connectivity index (χ2v) is 8.14. The van der Waals surface area contributed by atoms with Crippen molar-refractivity contribution in [2.75, 3.05) is 0 Å². The van der Waals surface area contributed by atoms with Gasteiger partial charge in [-0.05, 0) is 30.5 Å². The number of benzene rings is 2. The summed E-state index contributed by atoms with van der Waals surface area (Å²) in [6.07, 6.45) is 3.37. The standard InChI is InChI=1S/C20H18O2S/c21-18-20(23-15-10-5-2-6-11-15)16-12-7-13-17(20)19(16,22-18)14-8-3-1-4-9-14/h1-6,8-11,16-17H,7,12-13H2. The van der Waals surface area contributed by atoms with Crippen molar-refractivity contribution in [2.24, 2.45) is 11.8 Å². The lowest BCUT2D eigenvalue weighted by atomic mass is 9.47. The van der Waals surface area contributed by atoms with Crippen LogP contribution in [0.15, 0.2) is 65.6 Å². The first-order valence-electron chi connectivity index (χ1n) is 8.31. The molecule has 0 aromatic heterocycles. The van der Waals surface area contributed by atoms with Crippen molar-refractivity contribution < 1.29 is 9.53 Å². The minimum absolute atomic E-state index is 0.00454. The van der Waals surface area contributed by atoms with Gasteiger partial charge in [0.2, 0.25) is 0 Å². The molecule has 4 bridgehead atoms. The van der Waals surface area contributed by atoms with Crippen molar-refractivity contribution in [3.63, 3.8) is 0 Å². The van der Waals surface area contributed by atoms with Crippen LogP contribution in [0.25, 0.3) is 0 Å². The fourth-order valence-corrected chi connectivity index (χ4v) is 6.78. The summed E-state index contributed by atoms with van der Waals surface area (Å²) in [5.74, 6) is 0.604. The number of ether oxygens (including phenoxy) is 1. The number of hydrogen-bond donors (Lipinski definition) is 0. The van der Waals surface area contributed by atoms with E-state index in [1.54, 1.807) is 11.8 Å². The average molecular weight is 322 g/mol. The Labute approximate surface area is 140 Å². The highest BCUT2D eigenvalue weighted by Gasteiger charge is 2.84. The molecule has 4 fully saturated rings. The molecule has 2 nitrogen and oxygen atoms in total. The monoisotopic (exact) mass is 322 g/mol. The summed E-state index contributed by atoms with van der Waals surface area (Å²) in [5, 5.41) is 0. The van der Waals surface area contributed by atoms with Crippen LogP contribution in [-0.2, 0) is 15.1 Å². The molecular weight excluding hydrogens is 304 g/mol. The number of thioether (sulfide) groups is 1. The van der Waals surface area contributed by atoms with E-state index < -0.39 is 0 Å². The second kappa shape index (κ2) is 4.64. The quantitative estimate of drug-likeness (QED) is 0.784. The average Bonchev–Trinajstić information content (AvgIpc) is 3.03. The Kier molecular flexibility index (Phi) is 2.76. The van der Waals surface area contributed by atoms with Crippen LogP contribution in [0.3, 0.4) is 0 Å². The lowest BCUT2D eigenvalue weighted by Gasteiger charge is -2.60. The topological polar surface area (TPSA) is 26.3 Å². The first kappa shape index (κ1) is 13.7. The van der Waals surface area contributed by atoms with Crippen LogP contribution in [0.5, 0.6) is 0 Å². The largest absolute Gasteiger partial charge is 0.452 e. The molecule has 2 aromatic rings. The molecule has 0 radical (unpaired) electrons. The number of carbonyl (C=O) groups excluding carboxylic acids is 1. The van der Waals surface area contributed by atoms with Gasteiger partial charge in [-0.3, -0.25) is 4.79 Å². The van der Waals surface area contributed by atoms with Crippen molar-refractivity contribution in [2.45, 2.75) is 34.5 Å². The normalized spacial score (nSPS) is 37.1. The highest BCUT2D eigenvalue weighted by atomic mass is 32.2. The maximum atomic E-state index is 12.9. The molecule has 23 heavy (non-hydrogen) atoms. The molecule has 6 rings (SSSR count). The molecule has 0 amide bonds. The molecule has 2 saturated heterocycles. The molecule has 2 heterocycles. The third-order valence-electron chi connectivity index (χ3n) is 5.89. The molecule has 2 aliphatic carbocycles. The molecule has 4 aliphatic rings. The molecule has 2 aliphatic heterocycles. The van der Waals surface area contributed by atoms with E-state index in [0.717, 1.165) is 12.8 Å². The molecule has 2 atom stereocenters. The Balaban J connectivity index is 1.59. The Morgan fingerprint density at radius 1 is 0.913 bits per heavy atom. The van der Waals surface area contributed by atoms with Crippen LogP contribution in [0, 0.1) is 11.8 Å². The minimum atomic E-state index is -0.366. The van der Waals surface area contributed by atoms with Gasteiger partial charge in [0.15, 0.2) is 0 Å². The fraction of sp³-hybridized carbons (Fsp3) is 0.350. The maximum absolute atomic E-state index is 12.9. The Bertz CT molecular complexity index is 744. The summed E-state index contributed by atoms with van der Waals surface area (Å²) in [6, 6.07) is 20.7. The smallest absolute Gasteiger partial charge is 0.324 e. The van der Waals surface area contributed by atoms with Gasteiger partial charge in [0.1, 0.15) is 10.3 Å². The van der Waals surface area contributed by atoms with E-state index >= 15 is 0 Å². The number of esters is 1. The third kappa shape index (κ3) is 1.54. The SMILES string of the molecule is O=C1OC2(c3ccccc3)C3CCCC2C13Sc1ccccc1. The van der Waals surface area contributed by atoms with E-state index in [2.05, 4.69) is 36.4 Å². The first-order chi connectivity index (χ1) is 11.3. The first-order valence-corrected chi connectivity index (χ1v) is 9.13. The summed E-state index contributed by atoms with van der Waals surface area (Å²) in [5.41, 5.74) is 0.822. The van der Waals surface area contributed by atoms with Gasteiger partial charge in [-0.1, -0.05) is 55.0 Å². The molecule has 0 spiro atoms. The number of carbonyl (C=O) groups is 1. The second-order valence-electron chi connectivity index (χ2n) is 6.79. The molecule has 2 saturated carbocycles. The summed E-state index contributed by atoms with van der Waals surface area (Å²) < 4.78 is 5.73. The fourth-order valence-electron chi connectivity index (χ4n) is 5.10. The maximum Gasteiger partial charge on any atom is 0.324 e. The van der Waals surface area contributed by atoms with Crippen molar-refractivity contribution in [3.8, 4) is 0 Å². The van der Waals surface area contributed by atoms with Gasteiger partial charge >= 0.3 is 5.97 Å². The van der Waals surface area contributed by atoms with E-state index in [-0.39, 0.29) is 16.3 Å². The highest BCUT2D eigenvalue weighted by Crippen LogP contribution is 2.77. The number of hydrogen-bond acceptors (Lipinski definition) is 3. The highest BCUT2D eigenvalue weighted by molar-refractivity contribution is 8.01. The molecule has 3 heteroatoms. The van der Waals surface area contributed by atoms with E-state index in [4.69, 9.17) is 4.74 Å². The predicted octanol–water partition coefficient (Wildman–Crippen LogP) is 4.40. The Morgan fingerprint density at radius 2 is 1.52 bits per heavy atom. The molecule has 0 N–H and O–H groups in total. The molecule has 2 aromatic carbocycles. The van der Waals surface area contributed by atoms with E-state index in [9.17, 15) is 4.79 Å². The minimum Gasteiger partial charge on any atom is -0.452 e. The van der Waals surface area contributed by atoms with Crippen molar-refractivity contribution >= 4 is 17.7 Å². The molecule has 2 unspecified atom stereocenters. The van der Waals surface area contributed by atoms with Gasteiger partial charge in [0.25, 0.3) is 0 Å². The van der Waals surface area contributed by atoms with Crippen molar-refractivity contribution in [3.05, 3.63) is 66.2 Å². The van der Waals surface area contributed by atoms with E-state index in [1.807, 2.05) is 24.3 Å². The summed E-state index contributed by atoms with van der Waals surface area (Å²) >= 11 is 1.74. The zero-order chi connectivity index (χ0) is 15.5. The van der Waals surface area contributed by atoms with Crippen LogP contribution in [0.1, 0.15) is 24.8 Å². The lowest BCUT2D eigenvalue weighted by molar-refractivity contribution is -0.154. The summed E-state index contributed by atoms with van der Waals surface area (Å²) in [4.78, 5) is 14.1. The summed E-state index contributed by atoms with van der Waals surface area (Å²) in [6.45, 7) is 0. The van der Waals surface area contributed by atoms with E-state index in [1.165, 1.54) is 16.9 Å². The zero-order valence-electron chi connectivity index (χ0n) is 12.8. The number of fused-ring (bicyclic) bond motifs is 1. The van der Waals surface area contributed by atoms with Gasteiger partial charge in [0.05, 0.1) is 0 Å². The van der Waals surface area contributed by atoms with Crippen LogP contribution >= 0.6 is 11.8 Å². The van der Waals surface area contributed by atoms with Crippen LogP contribution < -0.4 is 0 Å². The predicted molar refractivity (Wildman–Crippen MR) is 90.1 cm³/mol. The van der Waals surface area contributed by atoms with E-state index in [0.29, 0.717) is 11.8 Å². The summed E-state index contributed by atoms with van der Waals surface area (Å²) in [7, 11) is 0. The van der Waals surface area contributed by atoms with Crippen LogP contribution in [-0.4, -0.2) is 10.7 Å². The molecule has 116 valence electrons. The van der Waals surface area contributed by atoms with Gasteiger partial charge in [-0.15, -0.1) is 11.8 Å². The molecular formula is C20H18O2S. The number of rotatable bonds is 3. The van der Waals surface area contributed by atoms with Crippen LogP contribution in [0.2, 0.25) is 0 Å². The van der Waals surface area contributed by atoms with Gasteiger partial charge in [-0.2, -0.15) is 0 Å².